The molecule has 0 radical (unpaired) electrons. The molecule has 1 rings (SSSR count). The Kier molecular flexibility index (Phi) is 5.84. The van der Waals surface area contributed by atoms with Crippen LogP contribution in [0.15, 0.2) is 12.1 Å². The number of nitrogens with zero attached hydrogens (tertiary/aromatic N) is 1. The third kappa shape index (κ3) is 5.35. The van der Waals surface area contributed by atoms with Crippen LogP contribution >= 0.6 is 0 Å². The lowest BCUT2D eigenvalue weighted by Gasteiger charge is -2.34. The number of hydrogen-bond donors (Lipinski definition) is 2. The van der Waals surface area contributed by atoms with E-state index in [9.17, 15) is 19.4 Å². The third-order valence-corrected chi connectivity index (χ3v) is 2.86. The Labute approximate surface area is 141 Å². The minimum atomic E-state index is -1.80. The summed E-state index contributed by atoms with van der Waals surface area (Å²) >= 11 is 0. The van der Waals surface area contributed by atoms with Gasteiger partial charge in [0, 0.05) is 5.56 Å². The molecule has 0 aliphatic carbocycles. The quantitative estimate of drug-likeness (QED) is 0.819. The van der Waals surface area contributed by atoms with E-state index in [2.05, 4.69) is 0 Å². The second-order valence-corrected chi connectivity index (χ2v) is 7.45. The van der Waals surface area contributed by atoms with E-state index in [-0.39, 0.29) is 17.0 Å². The standard InChI is InChI=1S/C17H26FNO5/c1-10-12(20)9-8-11(18)13(10)19(14(21)23-16(2,3)4)15(22)24-17(5,6)7/h8-9,14,20-21H,1-7H3. The first-order valence-corrected chi connectivity index (χ1v) is 7.59. The molecule has 0 aliphatic rings. The molecule has 0 bridgehead atoms. The first-order valence-electron chi connectivity index (χ1n) is 7.59. The van der Waals surface area contributed by atoms with Crippen molar-refractivity contribution in [3.8, 4) is 5.75 Å². The summed E-state index contributed by atoms with van der Waals surface area (Å²) in [5, 5.41) is 20.2. The molecule has 1 unspecified atom stereocenters. The number of phenols is 1. The zero-order valence-electron chi connectivity index (χ0n) is 15.2. The lowest BCUT2D eigenvalue weighted by molar-refractivity contribution is -0.163. The highest BCUT2D eigenvalue weighted by molar-refractivity contribution is 5.89. The van der Waals surface area contributed by atoms with Crippen LogP contribution in [0.4, 0.5) is 14.9 Å². The van der Waals surface area contributed by atoms with Gasteiger partial charge in [0.15, 0.2) is 0 Å². The van der Waals surface area contributed by atoms with Crippen LogP contribution in [-0.2, 0) is 9.47 Å². The number of aromatic hydroxyl groups is 1. The Morgan fingerprint density at radius 2 is 1.71 bits per heavy atom. The van der Waals surface area contributed by atoms with E-state index in [4.69, 9.17) is 9.47 Å². The molecular formula is C17H26FNO5. The number of ether oxygens (including phenoxy) is 2. The molecule has 2 N–H and O–H groups in total. The average molecular weight is 343 g/mol. The fourth-order valence-electron chi connectivity index (χ4n) is 1.92. The molecule has 136 valence electrons. The van der Waals surface area contributed by atoms with Gasteiger partial charge >= 0.3 is 6.09 Å². The highest BCUT2D eigenvalue weighted by Gasteiger charge is 2.35. The lowest BCUT2D eigenvalue weighted by Crippen LogP contribution is -2.48. The van der Waals surface area contributed by atoms with Crippen molar-refractivity contribution in [3.63, 3.8) is 0 Å². The summed E-state index contributed by atoms with van der Waals surface area (Å²) in [6, 6.07) is 2.16. The van der Waals surface area contributed by atoms with Gasteiger partial charge in [0.05, 0.1) is 11.3 Å². The van der Waals surface area contributed by atoms with E-state index in [1.165, 1.54) is 13.0 Å². The summed E-state index contributed by atoms with van der Waals surface area (Å²) in [7, 11) is 0. The van der Waals surface area contributed by atoms with Crippen LogP contribution in [0.25, 0.3) is 0 Å². The molecule has 1 atom stereocenters. The molecule has 0 aliphatic heterocycles. The van der Waals surface area contributed by atoms with Crippen molar-refractivity contribution in [3.05, 3.63) is 23.5 Å². The van der Waals surface area contributed by atoms with Crippen molar-refractivity contribution < 1.29 is 28.9 Å². The Morgan fingerprint density at radius 1 is 1.17 bits per heavy atom. The summed E-state index contributed by atoms with van der Waals surface area (Å²) in [4.78, 5) is 13.2. The topological polar surface area (TPSA) is 79.2 Å². The SMILES string of the molecule is Cc1c(O)ccc(F)c1N(C(=O)OC(C)(C)C)C(O)OC(C)(C)C. The molecule has 0 heterocycles. The van der Waals surface area contributed by atoms with Gasteiger partial charge in [-0.05, 0) is 60.6 Å². The molecular weight excluding hydrogens is 317 g/mol. The van der Waals surface area contributed by atoms with Gasteiger partial charge in [-0.15, -0.1) is 0 Å². The number of benzene rings is 1. The molecule has 1 aromatic rings. The number of hydrogen-bond acceptors (Lipinski definition) is 5. The molecule has 24 heavy (non-hydrogen) atoms. The second-order valence-electron chi connectivity index (χ2n) is 7.45. The number of aliphatic hydroxyl groups is 1. The predicted octanol–water partition coefficient (Wildman–Crippen LogP) is 3.67. The molecule has 1 amide bonds. The summed E-state index contributed by atoms with van der Waals surface area (Å²) in [6.45, 7) is 11.4. The van der Waals surface area contributed by atoms with Crippen molar-refractivity contribution in [1.82, 2.24) is 0 Å². The van der Waals surface area contributed by atoms with Crippen molar-refractivity contribution in [2.45, 2.75) is 66.1 Å². The van der Waals surface area contributed by atoms with E-state index >= 15 is 0 Å². The first kappa shape index (κ1) is 20.2. The molecule has 1 aromatic carbocycles. The monoisotopic (exact) mass is 343 g/mol. The van der Waals surface area contributed by atoms with Crippen molar-refractivity contribution in [1.29, 1.82) is 0 Å². The van der Waals surface area contributed by atoms with Gasteiger partial charge in [0.25, 0.3) is 0 Å². The van der Waals surface area contributed by atoms with Gasteiger partial charge in [-0.3, -0.25) is 0 Å². The van der Waals surface area contributed by atoms with Crippen molar-refractivity contribution >= 4 is 11.8 Å². The number of aliphatic hydroxyl groups excluding tert-OH is 1. The normalized spacial score (nSPS) is 13.5. The maximum atomic E-state index is 14.3. The smallest absolute Gasteiger partial charge is 0.418 e. The highest BCUT2D eigenvalue weighted by Crippen LogP contribution is 2.33. The maximum absolute atomic E-state index is 14.3. The van der Waals surface area contributed by atoms with Gasteiger partial charge in [0.1, 0.15) is 17.2 Å². The molecule has 0 fully saturated rings. The van der Waals surface area contributed by atoms with E-state index in [1.807, 2.05) is 0 Å². The van der Waals surface area contributed by atoms with Crippen LogP contribution in [0.2, 0.25) is 0 Å². The van der Waals surface area contributed by atoms with Crippen LogP contribution in [0.3, 0.4) is 0 Å². The van der Waals surface area contributed by atoms with Crippen LogP contribution in [0.1, 0.15) is 47.1 Å². The maximum Gasteiger partial charge on any atom is 0.418 e. The van der Waals surface area contributed by atoms with E-state index in [0.717, 1.165) is 6.07 Å². The number of carbonyl (C=O) groups is 1. The minimum Gasteiger partial charge on any atom is -0.508 e. The predicted molar refractivity (Wildman–Crippen MR) is 88.4 cm³/mol. The summed E-state index contributed by atoms with van der Waals surface area (Å²) in [5.74, 6) is -1.02. The first-order chi connectivity index (χ1) is 10.7. The minimum absolute atomic E-state index is 0.0809. The number of phenolic OH excluding ortho intramolecular Hbond substituents is 1. The molecule has 0 saturated carbocycles. The number of rotatable bonds is 3. The van der Waals surface area contributed by atoms with Crippen LogP contribution < -0.4 is 4.90 Å². The molecule has 0 saturated heterocycles. The largest absolute Gasteiger partial charge is 0.508 e. The number of anilines is 1. The summed E-state index contributed by atoms with van der Waals surface area (Å²) in [6.07, 6.45) is -2.79. The van der Waals surface area contributed by atoms with Crippen molar-refractivity contribution in [2.75, 3.05) is 4.90 Å². The summed E-state index contributed by atoms with van der Waals surface area (Å²) in [5.41, 5.74) is -1.89. The van der Waals surface area contributed by atoms with Gasteiger partial charge in [-0.1, -0.05) is 0 Å². The lowest BCUT2D eigenvalue weighted by atomic mass is 10.1. The van der Waals surface area contributed by atoms with E-state index in [1.54, 1.807) is 41.5 Å². The zero-order chi connectivity index (χ0) is 18.9. The average Bonchev–Trinajstić information content (AvgIpc) is 2.34. The molecule has 7 heteroatoms. The third-order valence-electron chi connectivity index (χ3n) is 2.86. The molecule has 6 nitrogen and oxygen atoms in total. The fourth-order valence-corrected chi connectivity index (χ4v) is 1.92. The van der Waals surface area contributed by atoms with Gasteiger partial charge < -0.3 is 19.7 Å². The Bertz CT molecular complexity index is 604. The molecule has 0 spiro atoms. The number of carbonyl (C=O) groups excluding carboxylic acids is 1. The van der Waals surface area contributed by atoms with Crippen LogP contribution in [0.5, 0.6) is 5.75 Å². The Morgan fingerprint density at radius 3 is 2.17 bits per heavy atom. The number of halogens is 1. The van der Waals surface area contributed by atoms with Crippen molar-refractivity contribution in [2.24, 2.45) is 0 Å². The van der Waals surface area contributed by atoms with Gasteiger partial charge in [-0.2, -0.15) is 0 Å². The van der Waals surface area contributed by atoms with E-state index < -0.39 is 29.5 Å². The van der Waals surface area contributed by atoms with Crippen LogP contribution in [-0.4, -0.2) is 33.9 Å². The fraction of sp³-hybridized carbons (Fsp3) is 0.588. The number of amides is 1. The Balaban J connectivity index is 3.39. The van der Waals surface area contributed by atoms with Crippen LogP contribution in [0, 0.1) is 12.7 Å². The summed E-state index contributed by atoms with van der Waals surface area (Å²) < 4.78 is 25.0. The Hall–Kier alpha value is -1.86. The highest BCUT2D eigenvalue weighted by atomic mass is 19.1. The van der Waals surface area contributed by atoms with Gasteiger partial charge in [-0.25, -0.2) is 14.1 Å². The van der Waals surface area contributed by atoms with Gasteiger partial charge in [0.2, 0.25) is 6.41 Å². The zero-order valence-corrected chi connectivity index (χ0v) is 15.2. The second kappa shape index (κ2) is 6.94. The van der Waals surface area contributed by atoms with E-state index in [0.29, 0.717) is 4.90 Å². The molecule has 0 aromatic heterocycles.